The topological polar surface area (TPSA) is 46.2 Å². The van der Waals surface area contributed by atoms with Crippen LogP contribution in [0.5, 0.6) is 0 Å². The minimum atomic E-state index is 0.185. The molecule has 13 heavy (non-hydrogen) atoms. The van der Waals surface area contributed by atoms with Gasteiger partial charge in [0.2, 0.25) is 0 Å². The Bertz CT molecular complexity index is 121. The van der Waals surface area contributed by atoms with Gasteiger partial charge in [-0.2, -0.15) is 0 Å². The molecule has 0 aliphatic carbocycles. The summed E-state index contributed by atoms with van der Waals surface area (Å²) in [4.78, 5) is 0. The Morgan fingerprint density at radius 3 is 2.31 bits per heavy atom. The van der Waals surface area contributed by atoms with E-state index in [1.807, 2.05) is 0 Å². The molecule has 0 bridgehead atoms. The lowest BCUT2D eigenvalue weighted by Crippen LogP contribution is -2.32. The largest absolute Gasteiger partial charge is 0.396 e. The number of aliphatic hydroxyl groups excluding tert-OH is 1. The lowest BCUT2D eigenvalue weighted by Gasteiger charge is -2.33. The number of aliphatic hydroxyl groups is 1. The van der Waals surface area contributed by atoms with Gasteiger partial charge in [0.1, 0.15) is 0 Å². The number of rotatable bonds is 7. The summed E-state index contributed by atoms with van der Waals surface area (Å²) in [7, 11) is 0. The molecule has 0 rings (SSSR count). The highest BCUT2D eigenvalue weighted by atomic mass is 16.3. The summed E-state index contributed by atoms with van der Waals surface area (Å²) in [6, 6.07) is 0. The molecule has 2 heteroatoms. The summed E-state index contributed by atoms with van der Waals surface area (Å²) >= 11 is 0. The molecule has 0 spiro atoms. The van der Waals surface area contributed by atoms with Crippen LogP contribution in [-0.4, -0.2) is 18.3 Å². The Kier molecular flexibility index (Phi) is 6.35. The smallest absolute Gasteiger partial charge is 0.0436 e. The van der Waals surface area contributed by atoms with E-state index in [1.54, 1.807) is 0 Å². The lowest BCUT2D eigenvalue weighted by molar-refractivity contribution is 0.148. The first-order valence-corrected chi connectivity index (χ1v) is 5.45. The maximum Gasteiger partial charge on any atom is 0.0436 e. The summed E-state index contributed by atoms with van der Waals surface area (Å²) in [5.74, 6) is 0.718. The molecule has 0 saturated heterocycles. The first-order valence-electron chi connectivity index (χ1n) is 5.45. The molecule has 3 N–H and O–H groups in total. The van der Waals surface area contributed by atoms with Crippen molar-refractivity contribution in [3.8, 4) is 0 Å². The van der Waals surface area contributed by atoms with E-state index in [4.69, 9.17) is 10.8 Å². The quantitative estimate of drug-likeness (QED) is 0.641. The molecule has 0 radical (unpaired) electrons. The molecule has 2 unspecified atom stereocenters. The second-order valence-electron chi connectivity index (χ2n) is 4.25. The fourth-order valence-electron chi connectivity index (χ4n) is 1.87. The van der Waals surface area contributed by atoms with E-state index < -0.39 is 0 Å². The van der Waals surface area contributed by atoms with Crippen LogP contribution in [0.15, 0.2) is 0 Å². The van der Waals surface area contributed by atoms with Gasteiger partial charge in [0.15, 0.2) is 0 Å². The minimum Gasteiger partial charge on any atom is -0.396 e. The van der Waals surface area contributed by atoms with Crippen molar-refractivity contribution in [2.45, 2.75) is 46.5 Å². The Morgan fingerprint density at radius 2 is 2.00 bits per heavy atom. The summed E-state index contributed by atoms with van der Waals surface area (Å²) in [5.41, 5.74) is 5.98. The highest BCUT2D eigenvalue weighted by Gasteiger charge is 2.27. The summed E-state index contributed by atoms with van der Waals surface area (Å²) in [6.45, 7) is 7.61. The van der Waals surface area contributed by atoms with Crippen molar-refractivity contribution >= 4 is 0 Å². The van der Waals surface area contributed by atoms with Gasteiger partial charge in [0.05, 0.1) is 0 Å². The minimum absolute atomic E-state index is 0.185. The number of hydrogen-bond donors (Lipinski definition) is 2. The molecule has 0 aromatic heterocycles. The molecule has 2 nitrogen and oxygen atoms in total. The third kappa shape index (κ3) is 4.10. The van der Waals surface area contributed by atoms with Crippen molar-refractivity contribution in [3.05, 3.63) is 0 Å². The highest BCUT2D eigenvalue weighted by molar-refractivity contribution is 4.80. The number of nitrogens with two attached hydrogens (primary N) is 1. The Morgan fingerprint density at radius 1 is 1.38 bits per heavy atom. The third-order valence-corrected chi connectivity index (χ3v) is 3.30. The highest BCUT2D eigenvalue weighted by Crippen LogP contribution is 2.33. The predicted molar refractivity (Wildman–Crippen MR) is 57.6 cm³/mol. The van der Waals surface area contributed by atoms with Crippen molar-refractivity contribution in [3.63, 3.8) is 0 Å². The first-order chi connectivity index (χ1) is 6.14. The second kappa shape index (κ2) is 6.39. The SMILES string of the molecule is CCC(C)CC(CC)(CN)CCO. The maximum atomic E-state index is 8.99. The summed E-state index contributed by atoms with van der Waals surface area (Å²) < 4.78 is 0. The zero-order valence-electron chi connectivity index (χ0n) is 9.34. The van der Waals surface area contributed by atoms with Crippen LogP contribution < -0.4 is 5.73 Å². The molecule has 0 fully saturated rings. The van der Waals surface area contributed by atoms with Gasteiger partial charge in [0.25, 0.3) is 0 Å². The summed E-state index contributed by atoms with van der Waals surface area (Å²) in [5, 5.41) is 8.99. The van der Waals surface area contributed by atoms with Crippen LogP contribution in [0.1, 0.15) is 46.5 Å². The van der Waals surface area contributed by atoms with Crippen molar-refractivity contribution in [1.82, 2.24) is 0 Å². The maximum absolute atomic E-state index is 8.99. The van der Waals surface area contributed by atoms with Gasteiger partial charge in [0, 0.05) is 6.61 Å². The van der Waals surface area contributed by atoms with Crippen LogP contribution >= 0.6 is 0 Å². The van der Waals surface area contributed by atoms with Gasteiger partial charge in [-0.3, -0.25) is 0 Å². The van der Waals surface area contributed by atoms with E-state index >= 15 is 0 Å². The van der Waals surface area contributed by atoms with Crippen molar-refractivity contribution in [2.24, 2.45) is 17.1 Å². The Labute approximate surface area is 82.5 Å². The molecule has 80 valence electrons. The van der Waals surface area contributed by atoms with Crippen LogP contribution in [-0.2, 0) is 0 Å². The Balaban J connectivity index is 4.19. The lowest BCUT2D eigenvalue weighted by atomic mass is 9.74. The summed E-state index contributed by atoms with van der Waals surface area (Å²) in [6.07, 6.45) is 4.28. The fraction of sp³-hybridized carbons (Fsp3) is 1.00. The van der Waals surface area contributed by atoms with Gasteiger partial charge >= 0.3 is 0 Å². The molecule has 0 saturated carbocycles. The number of hydrogen-bond acceptors (Lipinski definition) is 2. The molecule has 0 aliphatic rings. The monoisotopic (exact) mass is 187 g/mol. The average Bonchev–Trinajstić information content (AvgIpc) is 2.17. The third-order valence-electron chi connectivity index (χ3n) is 3.30. The average molecular weight is 187 g/mol. The van der Waals surface area contributed by atoms with Crippen LogP contribution in [0.4, 0.5) is 0 Å². The molecule has 2 atom stereocenters. The fourth-order valence-corrected chi connectivity index (χ4v) is 1.87. The van der Waals surface area contributed by atoms with Crippen LogP contribution in [0.3, 0.4) is 0 Å². The van der Waals surface area contributed by atoms with E-state index in [2.05, 4.69) is 20.8 Å². The van der Waals surface area contributed by atoms with Crippen LogP contribution in [0, 0.1) is 11.3 Å². The Hall–Kier alpha value is -0.0800. The van der Waals surface area contributed by atoms with E-state index in [0.29, 0.717) is 6.54 Å². The predicted octanol–water partition coefficient (Wildman–Crippen LogP) is 2.16. The molecule has 0 aliphatic heterocycles. The standard InChI is InChI=1S/C11H25NO/c1-4-10(3)8-11(5-2,9-12)6-7-13/h10,13H,4-9,12H2,1-3H3. The second-order valence-corrected chi connectivity index (χ2v) is 4.25. The van der Waals surface area contributed by atoms with Crippen LogP contribution in [0.2, 0.25) is 0 Å². The van der Waals surface area contributed by atoms with Gasteiger partial charge in [-0.25, -0.2) is 0 Å². The van der Waals surface area contributed by atoms with E-state index in [-0.39, 0.29) is 12.0 Å². The van der Waals surface area contributed by atoms with Crippen molar-refractivity contribution in [2.75, 3.05) is 13.2 Å². The van der Waals surface area contributed by atoms with Crippen LogP contribution in [0.25, 0.3) is 0 Å². The molecular weight excluding hydrogens is 162 g/mol. The zero-order valence-corrected chi connectivity index (χ0v) is 9.34. The van der Waals surface area contributed by atoms with Gasteiger partial charge in [-0.05, 0) is 37.1 Å². The molecule has 0 amide bonds. The van der Waals surface area contributed by atoms with Crippen molar-refractivity contribution in [1.29, 1.82) is 0 Å². The molecule has 0 heterocycles. The van der Waals surface area contributed by atoms with Gasteiger partial charge in [-0.1, -0.05) is 27.2 Å². The molecular formula is C11H25NO. The van der Waals surface area contributed by atoms with E-state index in [9.17, 15) is 0 Å². The van der Waals surface area contributed by atoms with Gasteiger partial charge < -0.3 is 10.8 Å². The van der Waals surface area contributed by atoms with E-state index in [0.717, 1.165) is 25.2 Å². The molecule has 0 aromatic carbocycles. The zero-order chi connectivity index (χ0) is 10.3. The van der Waals surface area contributed by atoms with Crippen molar-refractivity contribution < 1.29 is 5.11 Å². The normalized spacial score (nSPS) is 18.2. The van der Waals surface area contributed by atoms with Gasteiger partial charge in [-0.15, -0.1) is 0 Å². The van der Waals surface area contributed by atoms with E-state index in [1.165, 1.54) is 6.42 Å². The first kappa shape index (κ1) is 12.9. The molecule has 0 aromatic rings.